The van der Waals surface area contributed by atoms with Crippen LogP contribution in [-0.4, -0.2) is 19.8 Å². The van der Waals surface area contributed by atoms with Crippen LogP contribution in [0.3, 0.4) is 0 Å². The number of benzene rings is 1. The van der Waals surface area contributed by atoms with E-state index in [4.69, 9.17) is 15.3 Å². The van der Waals surface area contributed by atoms with Crippen molar-refractivity contribution in [3.63, 3.8) is 0 Å². The molecule has 4 nitrogen and oxygen atoms in total. The Balaban J connectivity index is 2.85. The Kier molecular flexibility index (Phi) is 5.79. The average Bonchev–Trinajstić information content (AvgIpc) is 2.40. The van der Waals surface area contributed by atoms with Crippen LogP contribution in [0.2, 0.25) is 0 Å². The summed E-state index contributed by atoms with van der Waals surface area (Å²) in [6, 6.07) is 6.23. The third kappa shape index (κ3) is 4.49. The fourth-order valence-electron chi connectivity index (χ4n) is 2.03. The summed E-state index contributed by atoms with van der Waals surface area (Å²) in [7, 11) is 3.42. The van der Waals surface area contributed by atoms with Gasteiger partial charge in [0.25, 0.3) is 0 Å². The van der Waals surface area contributed by atoms with Crippen LogP contribution in [0.25, 0.3) is 0 Å². The number of methoxy groups -OCH3 is 2. The van der Waals surface area contributed by atoms with Gasteiger partial charge in [0.1, 0.15) is 5.75 Å². The van der Waals surface area contributed by atoms with Gasteiger partial charge in [0.05, 0.1) is 12.7 Å². The van der Waals surface area contributed by atoms with Crippen LogP contribution in [-0.2, 0) is 4.74 Å². The second kappa shape index (κ2) is 6.89. The van der Waals surface area contributed by atoms with Gasteiger partial charge in [-0.05, 0) is 45.2 Å². The molecule has 3 N–H and O–H groups in total. The van der Waals surface area contributed by atoms with E-state index in [9.17, 15) is 0 Å². The van der Waals surface area contributed by atoms with E-state index in [1.54, 1.807) is 14.2 Å². The number of ether oxygens (including phenoxy) is 2. The van der Waals surface area contributed by atoms with Crippen LogP contribution >= 0.6 is 0 Å². The number of hydrogen-bond donors (Lipinski definition) is 2. The Hall–Kier alpha value is -1.10. The van der Waals surface area contributed by atoms with E-state index in [1.165, 1.54) is 5.56 Å². The van der Waals surface area contributed by atoms with Gasteiger partial charge in [0.15, 0.2) is 0 Å². The minimum Gasteiger partial charge on any atom is -0.496 e. The zero-order valence-corrected chi connectivity index (χ0v) is 12.6. The fraction of sp³-hybridized carbons (Fsp3) is 0.600. The Morgan fingerprint density at radius 1 is 1.32 bits per heavy atom. The van der Waals surface area contributed by atoms with Crippen LogP contribution in [0, 0.1) is 6.92 Å². The molecular formula is C15H26N2O2. The summed E-state index contributed by atoms with van der Waals surface area (Å²) in [5, 5.41) is 0. The molecule has 0 saturated carbocycles. The van der Waals surface area contributed by atoms with E-state index in [1.807, 2.05) is 13.0 Å². The molecule has 0 heterocycles. The van der Waals surface area contributed by atoms with E-state index in [2.05, 4.69) is 31.4 Å². The van der Waals surface area contributed by atoms with Crippen LogP contribution in [0.15, 0.2) is 18.2 Å². The zero-order chi connectivity index (χ0) is 14.5. The first-order valence-electron chi connectivity index (χ1n) is 6.59. The van der Waals surface area contributed by atoms with Gasteiger partial charge >= 0.3 is 0 Å². The quantitative estimate of drug-likeness (QED) is 0.588. The van der Waals surface area contributed by atoms with Crippen LogP contribution < -0.4 is 16.0 Å². The van der Waals surface area contributed by atoms with E-state index in [0.717, 1.165) is 24.2 Å². The number of nitrogens with one attached hydrogen (secondary N) is 1. The molecule has 0 saturated heterocycles. The van der Waals surface area contributed by atoms with E-state index < -0.39 is 0 Å². The van der Waals surface area contributed by atoms with Gasteiger partial charge in [-0.25, -0.2) is 0 Å². The van der Waals surface area contributed by atoms with Crippen LogP contribution in [0.4, 0.5) is 0 Å². The maximum atomic E-state index is 5.69. The standard InChI is InChI=1S/C15H26N2O2/c1-11-6-7-12(14(10-11)18-4)13(17-16)8-9-15(2,3)19-5/h6-7,10,13,17H,8-9,16H2,1-5H3. The van der Waals surface area contributed by atoms with Gasteiger partial charge in [-0.15, -0.1) is 0 Å². The molecule has 108 valence electrons. The molecule has 1 unspecified atom stereocenters. The van der Waals surface area contributed by atoms with E-state index in [0.29, 0.717) is 0 Å². The third-order valence-corrected chi connectivity index (χ3v) is 3.55. The first kappa shape index (κ1) is 16.0. The minimum absolute atomic E-state index is 0.0602. The molecule has 0 aliphatic heterocycles. The molecule has 0 fully saturated rings. The number of nitrogens with two attached hydrogens (primary N) is 1. The van der Waals surface area contributed by atoms with Gasteiger partial charge in [-0.1, -0.05) is 12.1 Å². The predicted octanol–water partition coefficient (Wildman–Crippen LogP) is 2.71. The number of aryl methyl sites for hydroxylation is 1. The minimum atomic E-state index is -0.146. The van der Waals surface area contributed by atoms with Crippen molar-refractivity contribution in [3.05, 3.63) is 29.3 Å². The first-order valence-corrected chi connectivity index (χ1v) is 6.59. The Labute approximate surface area is 116 Å². The van der Waals surface area contributed by atoms with Gasteiger partial charge in [-0.2, -0.15) is 0 Å². The third-order valence-electron chi connectivity index (χ3n) is 3.55. The van der Waals surface area contributed by atoms with Crippen molar-refractivity contribution in [2.45, 2.75) is 45.3 Å². The normalized spacial score (nSPS) is 13.4. The fourth-order valence-corrected chi connectivity index (χ4v) is 2.03. The van der Waals surface area contributed by atoms with Crippen LogP contribution in [0.5, 0.6) is 5.75 Å². The molecule has 1 rings (SSSR count). The van der Waals surface area contributed by atoms with E-state index in [-0.39, 0.29) is 11.6 Å². The van der Waals surface area contributed by atoms with Crippen molar-refractivity contribution in [3.8, 4) is 5.75 Å². The largest absolute Gasteiger partial charge is 0.496 e. The van der Waals surface area contributed by atoms with Gasteiger partial charge in [-0.3, -0.25) is 11.3 Å². The summed E-state index contributed by atoms with van der Waals surface area (Å²) in [5.41, 5.74) is 4.99. The molecular weight excluding hydrogens is 240 g/mol. The lowest BCUT2D eigenvalue weighted by Gasteiger charge is -2.26. The lowest BCUT2D eigenvalue weighted by Crippen LogP contribution is -2.31. The topological polar surface area (TPSA) is 56.5 Å². The lowest BCUT2D eigenvalue weighted by molar-refractivity contribution is 0.0116. The number of hydrogen-bond acceptors (Lipinski definition) is 4. The summed E-state index contributed by atoms with van der Waals surface area (Å²) in [6.07, 6.45) is 1.80. The average molecular weight is 266 g/mol. The summed E-state index contributed by atoms with van der Waals surface area (Å²) in [4.78, 5) is 0. The molecule has 1 aromatic rings. The highest BCUT2D eigenvalue weighted by molar-refractivity contribution is 5.39. The zero-order valence-electron chi connectivity index (χ0n) is 12.6. The molecule has 4 heteroatoms. The Bertz CT molecular complexity index is 405. The molecule has 1 aromatic carbocycles. The monoisotopic (exact) mass is 266 g/mol. The lowest BCUT2D eigenvalue weighted by atomic mass is 9.94. The van der Waals surface area contributed by atoms with Crippen molar-refractivity contribution < 1.29 is 9.47 Å². The summed E-state index contributed by atoms with van der Waals surface area (Å²) >= 11 is 0. The van der Waals surface area contributed by atoms with Gasteiger partial charge < -0.3 is 9.47 Å². The highest BCUT2D eigenvalue weighted by Gasteiger charge is 2.21. The highest BCUT2D eigenvalue weighted by atomic mass is 16.5. The molecule has 0 aromatic heterocycles. The summed E-state index contributed by atoms with van der Waals surface area (Å²) < 4.78 is 10.9. The van der Waals surface area contributed by atoms with Gasteiger partial charge in [0.2, 0.25) is 0 Å². The first-order chi connectivity index (χ1) is 8.93. The predicted molar refractivity (Wildman–Crippen MR) is 78.1 cm³/mol. The second-order valence-corrected chi connectivity index (χ2v) is 5.47. The van der Waals surface area contributed by atoms with Crippen molar-refractivity contribution in [2.24, 2.45) is 5.84 Å². The SMILES string of the molecule is COc1cc(C)ccc1C(CCC(C)(C)OC)NN. The molecule has 0 radical (unpaired) electrons. The molecule has 0 amide bonds. The van der Waals surface area contributed by atoms with Gasteiger partial charge in [0, 0.05) is 18.7 Å². The van der Waals surface area contributed by atoms with Crippen molar-refractivity contribution >= 4 is 0 Å². The number of hydrazine groups is 1. The summed E-state index contributed by atoms with van der Waals surface area (Å²) in [5.74, 6) is 6.56. The number of rotatable bonds is 7. The maximum absolute atomic E-state index is 5.69. The Morgan fingerprint density at radius 2 is 2.00 bits per heavy atom. The van der Waals surface area contributed by atoms with Crippen LogP contribution in [0.1, 0.15) is 43.9 Å². The molecule has 19 heavy (non-hydrogen) atoms. The molecule has 0 aliphatic carbocycles. The van der Waals surface area contributed by atoms with Crippen molar-refractivity contribution in [1.82, 2.24) is 5.43 Å². The Morgan fingerprint density at radius 3 is 2.53 bits per heavy atom. The summed E-state index contributed by atoms with van der Waals surface area (Å²) in [6.45, 7) is 6.20. The molecule has 0 aliphatic rings. The molecule has 0 bridgehead atoms. The highest BCUT2D eigenvalue weighted by Crippen LogP contribution is 2.30. The van der Waals surface area contributed by atoms with E-state index >= 15 is 0 Å². The molecule has 0 spiro atoms. The maximum Gasteiger partial charge on any atom is 0.123 e. The second-order valence-electron chi connectivity index (χ2n) is 5.47. The van der Waals surface area contributed by atoms with Crippen molar-refractivity contribution in [2.75, 3.05) is 14.2 Å². The smallest absolute Gasteiger partial charge is 0.123 e. The van der Waals surface area contributed by atoms with Crippen molar-refractivity contribution in [1.29, 1.82) is 0 Å². The molecule has 1 atom stereocenters.